The first-order valence-electron chi connectivity index (χ1n) is 9.19. The summed E-state index contributed by atoms with van der Waals surface area (Å²) in [7, 11) is 0. The molecule has 0 unspecified atom stereocenters. The third-order valence-electron chi connectivity index (χ3n) is 4.71. The van der Waals surface area contributed by atoms with Crippen LogP contribution in [0.2, 0.25) is 0 Å². The van der Waals surface area contributed by atoms with E-state index in [9.17, 15) is 4.79 Å². The maximum Gasteiger partial charge on any atom is 0.361 e. The Balaban J connectivity index is 1.74. The van der Waals surface area contributed by atoms with Crippen molar-refractivity contribution in [2.45, 2.75) is 32.7 Å². The molecule has 10 nitrogen and oxygen atoms in total. The molecule has 1 aliphatic heterocycles. The van der Waals surface area contributed by atoms with E-state index in [0.717, 1.165) is 13.1 Å². The van der Waals surface area contributed by atoms with Crippen molar-refractivity contribution in [1.29, 1.82) is 0 Å². The maximum atomic E-state index is 12.4. The summed E-state index contributed by atoms with van der Waals surface area (Å²) in [6, 6.07) is 3.76. The van der Waals surface area contributed by atoms with Gasteiger partial charge in [-0.25, -0.2) is 9.42 Å². The van der Waals surface area contributed by atoms with Crippen molar-refractivity contribution >= 4 is 5.97 Å². The summed E-state index contributed by atoms with van der Waals surface area (Å²) in [4.78, 5) is 13.8. The first-order valence-corrected chi connectivity index (χ1v) is 9.19. The second kappa shape index (κ2) is 7.70. The number of nitrogens with one attached hydrogen (secondary N) is 1. The Morgan fingerprint density at radius 1 is 1.19 bits per heavy atom. The summed E-state index contributed by atoms with van der Waals surface area (Å²) in [5.74, 6) is 0.394. The van der Waals surface area contributed by atoms with Crippen molar-refractivity contribution in [3.63, 3.8) is 0 Å². The van der Waals surface area contributed by atoms with Gasteiger partial charge in [0.1, 0.15) is 12.2 Å². The molecule has 0 aliphatic carbocycles. The van der Waals surface area contributed by atoms with Gasteiger partial charge in [-0.2, -0.15) is 4.68 Å². The molecule has 0 atom stereocenters. The van der Waals surface area contributed by atoms with E-state index in [-0.39, 0.29) is 12.3 Å². The molecule has 0 bridgehead atoms. The molecular weight excluding hydrogens is 350 g/mol. The highest BCUT2D eigenvalue weighted by Crippen LogP contribution is 2.18. The highest BCUT2D eigenvalue weighted by Gasteiger charge is 2.29. The van der Waals surface area contributed by atoms with E-state index in [0.29, 0.717) is 23.9 Å². The number of carbonyl (C=O) groups is 1. The molecule has 1 N–H and O–H groups in total. The topological polar surface area (TPSA) is 105 Å². The molecule has 0 saturated carbocycles. The lowest BCUT2D eigenvalue weighted by Gasteiger charge is -2.23. The molecule has 3 aromatic rings. The Labute approximate surface area is 155 Å². The largest absolute Gasteiger partial charge is 0.461 e. The fourth-order valence-electron chi connectivity index (χ4n) is 3.40. The molecule has 10 heteroatoms. The highest BCUT2D eigenvalue weighted by molar-refractivity contribution is 5.88. The summed E-state index contributed by atoms with van der Waals surface area (Å²) in [5, 5.41) is 16.2. The zero-order chi connectivity index (χ0) is 18.6. The van der Waals surface area contributed by atoms with Crippen LogP contribution in [0.15, 0.2) is 29.2 Å². The standard InChI is InChI=1S/C17H21N7O3/c1-2-26-17(25)14-13(12-22-8-4-3-5-9-22)24(21-18-14)16-15(19-27-20-16)23-10-6-7-11-23/h6-7,10-11H,2-5,8-9,12H2,1H3/p+1. The van der Waals surface area contributed by atoms with Crippen LogP contribution in [0.1, 0.15) is 42.4 Å². The van der Waals surface area contributed by atoms with Crippen molar-refractivity contribution < 1.29 is 19.1 Å². The molecular formula is C17H22N7O3+. The number of rotatable bonds is 6. The molecule has 0 spiro atoms. The Hall–Kier alpha value is -3.01. The van der Waals surface area contributed by atoms with Gasteiger partial charge in [-0.15, -0.1) is 5.10 Å². The molecule has 27 heavy (non-hydrogen) atoms. The van der Waals surface area contributed by atoms with E-state index in [1.54, 1.807) is 16.2 Å². The number of hydrogen-bond acceptors (Lipinski definition) is 7. The summed E-state index contributed by atoms with van der Waals surface area (Å²) in [5.41, 5.74) is 0.880. The lowest BCUT2D eigenvalue weighted by atomic mass is 10.1. The van der Waals surface area contributed by atoms with E-state index in [1.165, 1.54) is 24.2 Å². The lowest BCUT2D eigenvalue weighted by Crippen LogP contribution is -3.11. The zero-order valence-electron chi connectivity index (χ0n) is 15.2. The van der Waals surface area contributed by atoms with Crippen molar-refractivity contribution in [3.05, 3.63) is 35.9 Å². The van der Waals surface area contributed by atoms with Crippen LogP contribution in [0, 0.1) is 0 Å². The minimum absolute atomic E-state index is 0.219. The Bertz CT molecular complexity index is 894. The van der Waals surface area contributed by atoms with Crippen LogP contribution in [0.3, 0.4) is 0 Å². The number of nitrogens with zero attached hydrogens (tertiary/aromatic N) is 6. The van der Waals surface area contributed by atoms with Crippen LogP contribution in [-0.2, 0) is 11.3 Å². The molecule has 3 aromatic heterocycles. The smallest absolute Gasteiger partial charge is 0.361 e. The number of aromatic nitrogens is 6. The van der Waals surface area contributed by atoms with Gasteiger partial charge in [0, 0.05) is 12.4 Å². The highest BCUT2D eigenvalue weighted by atomic mass is 16.6. The van der Waals surface area contributed by atoms with Crippen LogP contribution in [0.25, 0.3) is 11.6 Å². The number of piperidine rings is 1. The van der Waals surface area contributed by atoms with Gasteiger partial charge in [0.05, 0.1) is 19.7 Å². The third-order valence-corrected chi connectivity index (χ3v) is 4.71. The fraction of sp³-hybridized carbons (Fsp3) is 0.471. The number of quaternary nitrogens is 1. The molecule has 142 valence electrons. The van der Waals surface area contributed by atoms with Crippen LogP contribution >= 0.6 is 0 Å². The molecule has 1 saturated heterocycles. The van der Waals surface area contributed by atoms with E-state index in [1.807, 2.05) is 24.5 Å². The van der Waals surface area contributed by atoms with Gasteiger partial charge in [0.25, 0.3) is 0 Å². The quantitative estimate of drug-likeness (QED) is 0.616. The molecule has 4 rings (SSSR count). The molecule has 0 amide bonds. The zero-order valence-corrected chi connectivity index (χ0v) is 15.2. The molecule has 1 fully saturated rings. The second-order valence-electron chi connectivity index (χ2n) is 6.51. The monoisotopic (exact) mass is 372 g/mol. The number of likely N-dealkylation sites (tertiary alicyclic amines) is 1. The van der Waals surface area contributed by atoms with Crippen LogP contribution in [-0.4, -0.2) is 55.5 Å². The van der Waals surface area contributed by atoms with E-state index < -0.39 is 5.97 Å². The number of hydrogen-bond donors (Lipinski definition) is 1. The number of ether oxygens (including phenoxy) is 1. The molecule has 0 radical (unpaired) electrons. The summed E-state index contributed by atoms with van der Waals surface area (Å²) < 4.78 is 13.4. The Kier molecular flexibility index (Phi) is 4.97. The average molecular weight is 372 g/mol. The van der Waals surface area contributed by atoms with Crippen molar-refractivity contribution in [2.24, 2.45) is 0 Å². The van der Waals surface area contributed by atoms with Gasteiger partial charge in [0.15, 0.2) is 5.69 Å². The van der Waals surface area contributed by atoms with Gasteiger partial charge in [-0.05, 0) is 48.6 Å². The second-order valence-corrected chi connectivity index (χ2v) is 6.51. The number of carbonyl (C=O) groups excluding carboxylic acids is 1. The summed E-state index contributed by atoms with van der Waals surface area (Å²) in [6.07, 6.45) is 7.26. The van der Waals surface area contributed by atoms with E-state index >= 15 is 0 Å². The molecule has 0 aromatic carbocycles. The van der Waals surface area contributed by atoms with Gasteiger partial charge in [-0.3, -0.25) is 0 Å². The molecule has 1 aliphatic rings. The predicted octanol–water partition coefficient (Wildman–Crippen LogP) is 0.187. The van der Waals surface area contributed by atoms with Crippen molar-refractivity contribution in [1.82, 2.24) is 29.9 Å². The van der Waals surface area contributed by atoms with Crippen molar-refractivity contribution in [2.75, 3.05) is 19.7 Å². The summed E-state index contributed by atoms with van der Waals surface area (Å²) in [6.45, 7) is 4.76. The Morgan fingerprint density at radius 3 is 2.67 bits per heavy atom. The number of esters is 1. The van der Waals surface area contributed by atoms with E-state index in [2.05, 4.69) is 20.6 Å². The average Bonchev–Trinajstić information content (AvgIpc) is 3.42. The molecule has 4 heterocycles. The van der Waals surface area contributed by atoms with Crippen LogP contribution in [0.5, 0.6) is 0 Å². The van der Waals surface area contributed by atoms with Gasteiger partial charge in [0.2, 0.25) is 11.6 Å². The first-order chi connectivity index (χ1) is 13.3. The van der Waals surface area contributed by atoms with Crippen molar-refractivity contribution in [3.8, 4) is 11.6 Å². The van der Waals surface area contributed by atoms with Gasteiger partial charge >= 0.3 is 5.97 Å². The predicted molar refractivity (Wildman–Crippen MR) is 92.8 cm³/mol. The van der Waals surface area contributed by atoms with Gasteiger partial charge < -0.3 is 14.2 Å². The SMILES string of the molecule is CCOC(=O)c1nnn(-c2nonc2-n2cccc2)c1C[NH+]1CCCCC1. The normalized spacial score (nSPS) is 15.1. The van der Waals surface area contributed by atoms with E-state index in [4.69, 9.17) is 9.37 Å². The fourth-order valence-corrected chi connectivity index (χ4v) is 3.40. The van der Waals surface area contributed by atoms with Gasteiger partial charge in [-0.1, -0.05) is 5.21 Å². The summed E-state index contributed by atoms with van der Waals surface area (Å²) >= 11 is 0. The Morgan fingerprint density at radius 2 is 1.93 bits per heavy atom. The van der Waals surface area contributed by atoms with Crippen LogP contribution in [0.4, 0.5) is 0 Å². The van der Waals surface area contributed by atoms with Crippen LogP contribution < -0.4 is 4.90 Å². The minimum atomic E-state index is -0.478. The first kappa shape index (κ1) is 17.4. The minimum Gasteiger partial charge on any atom is -0.461 e. The maximum absolute atomic E-state index is 12.4. The lowest BCUT2D eigenvalue weighted by molar-refractivity contribution is -0.918. The third kappa shape index (κ3) is 3.47.